The molecule has 2 aliphatic rings. The molecule has 2 rings (SSSR count). The van der Waals surface area contributed by atoms with Gasteiger partial charge in [0.15, 0.2) is 0 Å². The van der Waals surface area contributed by atoms with Gasteiger partial charge in [0, 0.05) is 18.6 Å². The fraction of sp³-hybridized carbons (Fsp3) is 0.833. The van der Waals surface area contributed by atoms with Crippen LogP contribution in [-0.2, 0) is 4.79 Å². The van der Waals surface area contributed by atoms with Crippen molar-refractivity contribution < 1.29 is 14.7 Å². The standard InChI is InChI=1S/C12H20N2O3/c1-2-14(10-5-6-10)12(17)13-9-4-3-8(7-9)11(15)16/h8-10H,2-7H2,1H3,(H,13,17)(H,15,16)/t8-,9+/m1/s1. The molecule has 0 spiro atoms. The van der Waals surface area contributed by atoms with Crippen molar-refractivity contribution in [3.05, 3.63) is 0 Å². The molecular weight excluding hydrogens is 220 g/mol. The van der Waals surface area contributed by atoms with Crippen molar-refractivity contribution in [2.24, 2.45) is 5.92 Å². The Bertz CT molecular complexity index is 315. The van der Waals surface area contributed by atoms with Crippen molar-refractivity contribution in [1.82, 2.24) is 10.2 Å². The number of carbonyl (C=O) groups is 2. The summed E-state index contributed by atoms with van der Waals surface area (Å²) < 4.78 is 0. The molecule has 0 aromatic heterocycles. The summed E-state index contributed by atoms with van der Waals surface area (Å²) in [6.07, 6.45) is 4.23. The molecule has 5 heteroatoms. The van der Waals surface area contributed by atoms with Gasteiger partial charge >= 0.3 is 12.0 Å². The maximum Gasteiger partial charge on any atom is 0.317 e. The fourth-order valence-electron chi connectivity index (χ4n) is 2.55. The van der Waals surface area contributed by atoms with E-state index in [4.69, 9.17) is 5.11 Å². The van der Waals surface area contributed by atoms with Crippen molar-refractivity contribution in [2.75, 3.05) is 6.54 Å². The quantitative estimate of drug-likeness (QED) is 0.781. The molecule has 2 N–H and O–H groups in total. The minimum absolute atomic E-state index is 0.0222. The Morgan fingerprint density at radius 2 is 2.00 bits per heavy atom. The molecule has 2 fully saturated rings. The van der Waals surface area contributed by atoms with Crippen LogP contribution in [0.1, 0.15) is 39.0 Å². The molecule has 2 aliphatic carbocycles. The van der Waals surface area contributed by atoms with Crippen molar-refractivity contribution in [3.63, 3.8) is 0 Å². The zero-order valence-electron chi connectivity index (χ0n) is 10.2. The summed E-state index contributed by atoms with van der Waals surface area (Å²) >= 11 is 0. The fourth-order valence-corrected chi connectivity index (χ4v) is 2.55. The van der Waals surface area contributed by atoms with E-state index in [1.54, 1.807) is 0 Å². The number of aliphatic carboxylic acids is 1. The van der Waals surface area contributed by atoms with Crippen LogP contribution in [0.5, 0.6) is 0 Å². The molecule has 2 amide bonds. The molecule has 0 bridgehead atoms. The number of hydrogen-bond donors (Lipinski definition) is 2. The van der Waals surface area contributed by atoms with Gasteiger partial charge in [-0.3, -0.25) is 4.79 Å². The van der Waals surface area contributed by atoms with Crippen LogP contribution >= 0.6 is 0 Å². The number of carboxylic acids is 1. The molecule has 2 atom stereocenters. The Hall–Kier alpha value is -1.26. The Labute approximate surface area is 101 Å². The Kier molecular flexibility index (Phi) is 3.54. The molecule has 0 radical (unpaired) electrons. The van der Waals surface area contributed by atoms with Gasteiger partial charge < -0.3 is 15.3 Å². The topological polar surface area (TPSA) is 69.6 Å². The van der Waals surface area contributed by atoms with E-state index < -0.39 is 5.97 Å². The molecule has 0 aromatic rings. The third-order valence-electron chi connectivity index (χ3n) is 3.70. The number of nitrogens with one attached hydrogen (secondary N) is 1. The molecule has 0 heterocycles. The normalized spacial score (nSPS) is 27.8. The first-order valence-electron chi connectivity index (χ1n) is 6.41. The van der Waals surface area contributed by atoms with E-state index in [1.165, 1.54) is 0 Å². The Balaban J connectivity index is 1.81. The third-order valence-corrected chi connectivity index (χ3v) is 3.70. The zero-order valence-corrected chi connectivity index (χ0v) is 10.2. The van der Waals surface area contributed by atoms with Crippen LogP contribution in [0.4, 0.5) is 4.79 Å². The van der Waals surface area contributed by atoms with E-state index in [2.05, 4.69) is 5.32 Å². The van der Waals surface area contributed by atoms with Crippen LogP contribution in [-0.4, -0.2) is 40.6 Å². The molecule has 0 aliphatic heterocycles. The van der Waals surface area contributed by atoms with Gasteiger partial charge in [0.25, 0.3) is 0 Å². The Morgan fingerprint density at radius 1 is 1.29 bits per heavy atom. The average molecular weight is 240 g/mol. The average Bonchev–Trinajstić information content (AvgIpc) is 2.98. The van der Waals surface area contributed by atoms with Crippen LogP contribution in [0.3, 0.4) is 0 Å². The van der Waals surface area contributed by atoms with Gasteiger partial charge in [-0.1, -0.05) is 0 Å². The van der Waals surface area contributed by atoms with E-state index in [0.29, 0.717) is 18.9 Å². The summed E-state index contributed by atoms with van der Waals surface area (Å²) in [6.45, 7) is 2.71. The van der Waals surface area contributed by atoms with Crippen LogP contribution < -0.4 is 5.32 Å². The highest BCUT2D eigenvalue weighted by Crippen LogP contribution is 2.28. The third kappa shape index (κ3) is 2.90. The molecule has 96 valence electrons. The van der Waals surface area contributed by atoms with Crippen LogP contribution in [0.25, 0.3) is 0 Å². The highest BCUT2D eigenvalue weighted by Gasteiger charge is 2.35. The van der Waals surface area contributed by atoms with Crippen molar-refractivity contribution >= 4 is 12.0 Å². The molecule has 0 unspecified atom stereocenters. The van der Waals surface area contributed by atoms with E-state index >= 15 is 0 Å². The summed E-state index contributed by atoms with van der Waals surface area (Å²) in [5.41, 5.74) is 0. The second-order valence-corrected chi connectivity index (χ2v) is 5.01. The van der Waals surface area contributed by atoms with Gasteiger partial charge in [-0.2, -0.15) is 0 Å². The van der Waals surface area contributed by atoms with Gasteiger partial charge in [-0.25, -0.2) is 4.79 Å². The summed E-state index contributed by atoms with van der Waals surface area (Å²) in [5, 5.41) is 11.9. The summed E-state index contributed by atoms with van der Waals surface area (Å²) in [6, 6.07) is 0.430. The maximum atomic E-state index is 12.0. The summed E-state index contributed by atoms with van der Waals surface area (Å²) in [7, 11) is 0. The first-order chi connectivity index (χ1) is 8.11. The number of amides is 2. The van der Waals surface area contributed by atoms with E-state index in [-0.39, 0.29) is 18.0 Å². The van der Waals surface area contributed by atoms with Gasteiger partial charge in [-0.05, 0) is 39.0 Å². The molecule has 17 heavy (non-hydrogen) atoms. The predicted molar refractivity (Wildman–Crippen MR) is 62.7 cm³/mol. The van der Waals surface area contributed by atoms with Crippen LogP contribution in [0.2, 0.25) is 0 Å². The molecule has 0 aromatic carbocycles. The molecule has 5 nitrogen and oxygen atoms in total. The van der Waals surface area contributed by atoms with Gasteiger partial charge in [0.1, 0.15) is 0 Å². The number of carboxylic acid groups (broad SMARTS) is 1. The van der Waals surface area contributed by atoms with Crippen LogP contribution in [0, 0.1) is 5.92 Å². The first-order valence-corrected chi connectivity index (χ1v) is 6.41. The lowest BCUT2D eigenvalue weighted by atomic mass is 10.1. The second-order valence-electron chi connectivity index (χ2n) is 5.01. The van der Waals surface area contributed by atoms with E-state index in [9.17, 15) is 9.59 Å². The van der Waals surface area contributed by atoms with Gasteiger partial charge in [0.05, 0.1) is 5.92 Å². The largest absolute Gasteiger partial charge is 0.481 e. The molecule has 0 saturated heterocycles. The molecular formula is C12H20N2O3. The van der Waals surface area contributed by atoms with E-state index in [0.717, 1.165) is 25.8 Å². The minimum Gasteiger partial charge on any atom is -0.481 e. The zero-order chi connectivity index (χ0) is 12.4. The predicted octanol–water partition coefficient (Wildman–Crippen LogP) is 1.43. The summed E-state index contributed by atoms with van der Waals surface area (Å²) in [4.78, 5) is 24.6. The highest BCUT2D eigenvalue weighted by molar-refractivity contribution is 5.76. The summed E-state index contributed by atoms with van der Waals surface area (Å²) in [5.74, 6) is -1.02. The lowest BCUT2D eigenvalue weighted by Crippen LogP contribution is -2.45. The second kappa shape index (κ2) is 4.94. The highest BCUT2D eigenvalue weighted by atomic mass is 16.4. The lowest BCUT2D eigenvalue weighted by Gasteiger charge is -2.23. The number of rotatable bonds is 4. The number of nitrogens with zero attached hydrogens (tertiary/aromatic N) is 1. The first kappa shape index (κ1) is 12.2. The minimum atomic E-state index is -0.740. The Morgan fingerprint density at radius 3 is 2.47 bits per heavy atom. The lowest BCUT2D eigenvalue weighted by molar-refractivity contribution is -0.141. The molecule has 2 saturated carbocycles. The monoisotopic (exact) mass is 240 g/mol. The number of carbonyl (C=O) groups excluding carboxylic acids is 1. The SMILES string of the molecule is CCN(C(=O)N[C@H]1CC[C@@H](C(=O)O)C1)C1CC1. The van der Waals surface area contributed by atoms with Crippen molar-refractivity contribution in [1.29, 1.82) is 0 Å². The van der Waals surface area contributed by atoms with Crippen LogP contribution in [0.15, 0.2) is 0 Å². The van der Waals surface area contributed by atoms with Gasteiger partial charge in [-0.15, -0.1) is 0 Å². The van der Waals surface area contributed by atoms with Crippen molar-refractivity contribution in [2.45, 2.75) is 51.1 Å². The van der Waals surface area contributed by atoms with Gasteiger partial charge in [0.2, 0.25) is 0 Å². The van der Waals surface area contributed by atoms with E-state index in [1.807, 2.05) is 11.8 Å². The number of urea groups is 1. The number of hydrogen-bond acceptors (Lipinski definition) is 2. The van der Waals surface area contributed by atoms with Crippen molar-refractivity contribution in [3.8, 4) is 0 Å². The smallest absolute Gasteiger partial charge is 0.317 e. The maximum absolute atomic E-state index is 12.0.